The Morgan fingerprint density at radius 1 is 1.10 bits per heavy atom. The third-order valence-corrected chi connectivity index (χ3v) is 3.17. The van der Waals surface area contributed by atoms with E-state index in [2.05, 4.69) is 5.32 Å². The lowest BCUT2D eigenvalue weighted by Gasteiger charge is -2.29. The molecule has 0 aliphatic rings. The van der Waals surface area contributed by atoms with Crippen molar-refractivity contribution in [3.63, 3.8) is 0 Å². The number of primary amides is 1. The molecule has 0 fully saturated rings. The molecule has 3 N–H and O–H groups in total. The van der Waals surface area contributed by atoms with Crippen LogP contribution in [0.5, 0.6) is 0 Å². The van der Waals surface area contributed by atoms with Crippen molar-refractivity contribution in [1.82, 2.24) is 0 Å². The lowest BCUT2D eigenvalue weighted by molar-refractivity contribution is -0.122. The van der Waals surface area contributed by atoms with Crippen molar-refractivity contribution < 1.29 is 18.0 Å². The summed E-state index contributed by atoms with van der Waals surface area (Å²) in [6.45, 7) is 1.24. The molecule has 0 spiro atoms. The second kappa shape index (κ2) is 5.47. The smallest absolute Gasteiger partial charge is 0.247 e. The first kappa shape index (κ1) is 14.9. The number of anilines is 1. The van der Waals surface area contributed by atoms with Crippen LogP contribution in [-0.2, 0) is 10.3 Å². The van der Waals surface area contributed by atoms with Gasteiger partial charge in [0.15, 0.2) is 0 Å². The van der Waals surface area contributed by atoms with Gasteiger partial charge < -0.3 is 11.1 Å². The third-order valence-electron chi connectivity index (χ3n) is 3.17. The molecule has 0 heterocycles. The summed E-state index contributed by atoms with van der Waals surface area (Å²) in [4.78, 5) is 11.7. The van der Waals surface area contributed by atoms with Crippen LogP contribution in [0.15, 0.2) is 42.5 Å². The van der Waals surface area contributed by atoms with E-state index in [1.165, 1.54) is 31.2 Å². The molecule has 1 unspecified atom stereocenters. The Morgan fingerprint density at radius 2 is 1.67 bits per heavy atom. The molecule has 1 amide bonds. The Hall–Kier alpha value is -2.50. The first-order valence-corrected chi connectivity index (χ1v) is 6.13. The summed E-state index contributed by atoms with van der Waals surface area (Å²) in [7, 11) is 0. The zero-order valence-electron chi connectivity index (χ0n) is 11.2. The molecule has 0 aliphatic carbocycles. The fraction of sp³-hybridized carbons (Fsp3) is 0.133. The number of nitrogens with two attached hydrogens (primary N) is 1. The number of amides is 1. The van der Waals surface area contributed by atoms with Gasteiger partial charge in [0.2, 0.25) is 5.91 Å². The van der Waals surface area contributed by atoms with Gasteiger partial charge in [-0.15, -0.1) is 0 Å². The minimum atomic E-state index is -1.86. The standard InChI is InChI=1S/C15H13F3N2O/c1-15(14(19)21,13-11(17)6-3-7-12(13)18)20-10-5-2-4-9(16)8-10/h2-8,20H,1H3,(H2,19,21). The SMILES string of the molecule is CC(Nc1cccc(F)c1)(C(N)=O)c1c(F)cccc1F. The molecule has 0 radical (unpaired) electrons. The van der Waals surface area contributed by atoms with Crippen LogP contribution in [0.1, 0.15) is 12.5 Å². The minimum Gasteiger partial charge on any atom is -0.368 e. The quantitative estimate of drug-likeness (QED) is 0.911. The van der Waals surface area contributed by atoms with Crippen molar-refractivity contribution in [2.24, 2.45) is 5.73 Å². The van der Waals surface area contributed by atoms with E-state index in [4.69, 9.17) is 5.73 Å². The normalized spacial score (nSPS) is 13.5. The molecule has 2 rings (SSSR count). The van der Waals surface area contributed by atoms with Crippen LogP contribution in [0.2, 0.25) is 0 Å². The summed E-state index contributed by atoms with van der Waals surface area (Å²) in [5, 5.41) is 2.60. The van der Waals surface area contributed by atoms with E-state index in [1.807, 2.05) is 0 Å². The van der Waals surface area contributed by atoms with E-state index < -0.39 is 34.5 Å². The second-order valence-corrected chi connectivity index (χ2v) is 4.72. The van der Waals surface area contributed by atoms with Crippen LogP contribution in [0.25, 0.3) is 0 Å². The molecule has 6 heteroatoms. The van der Waals surface area contributed by atoms with E-state index in [0.29, 0.717) is 0 Å². The van der Waals surface area contributed by atoms with Gasteiger partial charge in [0.1, 0.15) is 23.0 Å². The fourth-order valence-corrected chi connectivity index (χ4v) is 2.08. The number of benzene rings is 2. The lowest BCUT2D eigenvalue weighted by atomic mass is 9.89. The number of rotatable bonds is 4. The highest BCUT2D eigenvalue weighted by atomic mass is 19.1. The van der Waals surface area contributed by atoms with Gasteiger partial charge in [-0.3, -0.25) is 4.79 Å². The van der Waals surface area contributed by atoms with E-state index in [1.54, 1.807) is 0 Å². The van der Waals surface area contributed by atoms with Crippen molar-refractivity contribution in [1.29, 1.82) is 0 Å². The van der Waals surface area contributed by atoms with E-state index in [9.17, 15) is 18.0 Å². The highest BCUT2D eigenvalue weighted by molar-refractivity contribution is 5.89. The van der Waals surface area contributed by atoms with Gasteiger partial charge in [-0.05, 0) is 37.3 Å². The topological polar surface area (TPSA) is 55.1 Å². The molecule has 0 saturated carbocycles. The third kappa shape index (κ3) is 2.84. The van der Waals surface area contributed by atoms with Gasteiger partial charge in [-0.25, -0.2) is 13.2 Å². The van der Waals surface area contributed by atoms with Gasteiger partial charge in [0, 0.05) is 5.69 Å². The van der Waals surface area contributed by atoms with Crippen molar-refractivity contribution in [2.75, 3.05) is 5.32 Å². The van der Waals surface area contributed by atoms with E-state index >= 15 is 0 Å². The molecule has 2 aromatic carbocycles. The van der Waals surface area contributed by atoms with Gasteiger partial charge in [0.05, 0.1) is 5.56 Å². The molecule has 2 aromatic rings. The van der Waals surface area contributed by atoms with Crippen molar-refractivity contribution in [3.8, 4) is 0 Å². The Morgan fingerprint density at radius 3 is 2.19 bits per heavy atom. The molecular formula is C15H13F3N2O. The molecule has 21 heavy (non-hydrogen) atoms. The van der Waals surface area contributed by atoms with Gasteiger partial charge >= 0.3 is 0 Å². The Labute approximate surface area is 119 Å². The van der Waals surface area contributed by atoms with Crippen LogP contribution < -0.4 is 11.1 Å². The Kier molecular flexibility index (Phi) is 3.88. The molecule has 0 saturated heterocycles. The number of hydrogen-bond donors (Lipinski definition) is 2. The molecule has 1 atom stereocenters. The van der Waals surface area contributed by atoms with Crippen molar-refractivity contribution >= 4 is 11.6 Å². The van der Waals surface area contributed by atoms with Gasteiger partial charge in [0.25, 0.3) is 0 Å². The summed E-state index contributed by atoms with van der Waals surface area (Å²) < 4.78 is 41.1. The number of carbonyl (C=O) groups is 1. The summed E-state index contributed by atoms with van der Waals surface area (Å²) in [5.74, 6) is -3.38. The summed E-state index contributed by atoms with van der Waals surface area (Å²) in [5.41, 5.74) is 3.11. The van der Waals surface area contributed by atoms with Crippen LogP contribution >= 0.6 is 0 Å². The predicted molar refractivity (Wildman–Crippen MR) is 72.9 cm³/mol. The summed E-state index contributed by atoms with van der Waals surface area (Å²) in [6.07, 6.45) is 0. The molecular weight excluding hydrogens is 281 g/mol. The first-order chi connectivity index (χ1) is 9.84. The predicted octanol–water partition coefficient (Wildman–Crippen LogP) is 2.92. The second-order valence-electron chi connectivity index (χ2n) is 4.72. The van der Waals surface area contributed by atoms with Crippen molar-refractivity contribution in [2.45, 2.75) is 12.5 Å². The lowest BCUT2D eigenvalue weighted by Crippen LogP contribution is -2.46. The summed E-state index contributed by atoms with van der Waals surface area (Å²) >= 11 is 0. The van der Waals surface area contributed by atoms with E-state index in [0.717, 1.165) is 18.2 Å². The zero-order valence-corrected chi connectivity index (χ0v) is 11.2. The van der Waals surface area contributed by atoms with Gasteiger partial charge in [-0.2, -0.15) is 0 Å². The molecule has 0 aliphatic heterocycles. The number of carbonyl (C=O) groups excluding carboxylic acids is 1. The average Bonchev–Trinajstić information content (AvgIpc) is 2.38. The monoisotopic (exact) mass is 294 g/mol. The van der Waals surface area contributed by atoms with Crippen LogP contribution in [0.3, 0.4) is 0 Å². The Bertz CT molecular complexity index is 670. The maximum atomic E-state index is 13.9. The number of nitrogens with one attached hydrogen (secondary N) is 1. The number of halogens is 3. The summed E-state index contributed by atoms with van der Waals surface area (Å²) in [6, 6.07) is 8.38. The fourth-order valence-electron chi connectivity index (χ4n) is 2.08. The van der Waals surface area contributed by atoms with Gasteiger partial charge in [-0.1, -0.05) is 12.1 Å². The number of hydrogen-bond acceptors (Lipinski definition) is 2. The van der Waals surface area contributed by atoms with E-state index in [-0.39, 0.29) is 5.69 Å². The Balaban J connectivity index is 2.53. The maximum Gasteiger partial charge on any atom is 0.247 e. The average molecular weight is 294 g/mol. The van der Waals surface area contributed by atoms with Crippen molar-refractivity contribution in [3.05, 3.63) is 65.5 Å². The van der Waals surface area contributed by atoms with Crippen LogP contribution in [0.4, 0.5) is 18.9 Å². The maximum absolute atomic E-state index is 13.9. The molecule has 3 nitrogen and oxygen atoms in total. The molecule has 0 bridgehead atoms. The highest BCUT2D eigenvalue weighted by Gasteiger charge is 2.38. The first-order valence-electron chi connectivity index (χ1n) is 6.13. The minimum absolute atomic E-state index is 0.180. The molecule has 110 valence electrons. The largest absolute Gasteiger partial charge is 0.368 e. The molecule has 0 aromatic heterocycles. The highest BCUT2D eigenvalue weighted by Crippen LogP contribution is 2.30. The zero-order chi connectivity index (χ0) is 15.6. The van der Waals surface area contributed by atoms with Crippen LogP contribution in [-0.4, -0.2) is 5.91 Å². The van der Waals surface area contributed by atoms with Crippen LogP contribution in [0, 0.1) is 17.5 Å².